The molecule has 0 aliphatic rings. The van der Waals surface area contributed by atoms with Crippen LogP contribution in [-0.2, 0) is 9.59 Å². The molecule has 25 heavy (non-hydrogen) atoms. The highest BCUT2D eigenvalue weighted by atomic mass is 16.2. The third kappa shape index (κ3) is 6.86. The van der Waals surface area contributed by atoms with Crippen LogP contribution in [0, 0.1) is 0 Å². The van der Waals surface area contributed by atoms with Gasteiger partial charge in [0.1, 0.15) is 0 Å². The Kier molecular flexibility index (Phi) is 8.10. The molecular weight excluding hydrogens is 314 g/mol. The Balaban J connectivity index is 2.81. The van der Waals surface area contributed by atoms with Crippen LogP contribution in [0.15, 0.2) is 18.2 Å². The average Bonchev–Trinajstić information content (AvgIpc) is 2.45. The Morgan fingerprint density at radius 2 is 1.40 bits per heavy atom. The lowest BCUT2D eigenvalue weighted by molar-refractivity contribution is -0.862. The summed E-state index contributed by atoms with van der Waals surface area (Å²) in [6, 6.07) is 6.30. The lowest BCUT2D eigenvalue weighted by Gasteiger charge is -2.21. The first-order valence-corrected chi connectivity index (χ1v) is 9.15. The molecule has 0 aliphatic carbocycles. The zero-order valence-corrected chi connectivity index (χ0v) is 16.7. The number of rotatable bonds is 8. The SMILES string of the molecule is CC(C)NC(=O)C[NH+](C)CC(=O)Nc1c(C(C)C)cccc1C(C)C. The van der Waals surface area contributed by atoms with Gasteiger partial charge in [0.25, 0.3) is 11.8 Å². The fourth-order valence-electron chi connectivity index (χ4n) is 2.86. The van der Waals surface area contributed by atoms with E-state index in [9.17, 15) is 9.59 Å². The van der Waals surface area contributed by atoms with Gasteiger partial charge in [-0.2, -0.15) is 0 Å². The minimum atomic E-state index is -0.0650. The molecule has 1 unspecified atom stereocenters. The van der Waals surface area contributed by atoms with E-state index < -0.39 is 0 Å². The Labute approximate surface area is 152 Å². The fraction of sp³-hybridized carbons (Fsp3) is 0.600. The molecule has 0 fully saturated rings. The molecule has 0 spiro atoms. The molecule has 2 amide bonds. The average molecular weight is 349 g/mol. The van der Waals surface area contributed by atoms with Crippen molar-refractivity contribution in [1.29, 1.82) is 0 Å². The van der Waals surface area contributed by atoms with Gasteiger partial charge < -0.3 is 15.5 Å². The third-order valence-electron chi connectivity index (χ3n) is 4.01. The van der Waals surface area contributed by atoms with E-state index in [1.54, 1.807) is 0 Å². The second kappa shape index (κ2) is 9.56. The van der Waals surface area contributed by atoms with Gasteiger partial charge in [0.2, 0.25) is 0 Å². The molecule has 0 saturated carbocycles. The molecule has 1 aromatic carbocycles. The van der Waals surface area contributed by atoms with Crippen molar-refractivity contribution in [2.45, 2.75) is 59.4 Å². The molecule has 1 atom stereocenters. The molecule has 5 nitrogen and oxygen atoms in total. The van der Waals surface area contributed by atoms with E-state index in [1.807, 2.05) is 27.0 Å². The standard InChI is InChI=1S/C20H33N3O2/c1-13(2)16-9-8-10-17(14(3)4)20(16)22-19(25)12-23(7)11-18(24)21-15(5)6/h8-10,13-15H,11-12H2,1-7H3,(H,21,24)(H,22,25)/p+1. The molecule has 3 N–H and O–H groups in total. The fourth-order valence-corrected chi connectivity index (χ4v) is 2.86. The van der Waals surface area contributed by atoms with Crippen molar-refractivity contribution in [3.63, 3.8) is 0 Å². The molecule has 0 aliphatic heterocycles. The Hall–Kier alpha value is -1.88. The highest BCUT2D eigenvalue weighted by molar-refractivity contribution is 5.93. The van der Waals surface area contributed by atoms with Gasteiger partial charge in [0.05, 0.1) is 7.05 Å². The van der Waals surface area contributed by atoms with Gasteiger partial charge in [-0.15, -0.1) is 0 Å². The first-order chi connectivity index (χ1) is 11.6. The van der Waals surface area contributed by atoms with E-state index in [0.29, 0.717) is 11.8 Å². The molecule has 0 aromatic heterocycles. The number of benzene rings is 1. The van der Waals surface area contributed by atoms with E-state index in [2.05, 4.69) is 50.5 Å². The summed E-state index contributed by atoms with van der Waals surface area (Å²) >= 11 is 0. The van der Waals surface area contributed by atoms with Gasteiger partial charge in [-0.3, -0.25) is 9.59 Å². The topological polar surface area (TPSA) is 62.6 Å². The normalized spacial score (nSPS) is 12.6. The van der Waals surface area contributed by atoms with Gasteiger partial charge in [0.15, 0.2) is 13.1 Å². The Bertz CT molecular complexity index is 568. The van der Waals surface area contributed by atoms with Crippen molar-refractivity contribution >= 4 is 17.5 Å². The van der Waals surface area contributed by atoms with Crippen molar-refractivity contribution in [2.75, 3.05) is 25.5 Å². The highest BCUT2D eigenvalue weighted by Gasteiger charge is 2.19. The maximum atomic E-state index is 12.5. The summed E-state index contributed by atoms with van der Waals surface area (Å²) in [7, 11) is 1.86. The summed E-state index contributed by atoms with van der Waals surface area (Å²) in [5, 5.41) is 5.95. The molecule has 1 rings (SSSR count). The second-order valence-electron chi connectivity index (χ2n) is 7.70. The largest absolute Gasteiger partial charge is 0.349 e. The van der Waals surface area contributed by atoms with Crippen LogP contribution in [0.3, 0.4) is 0 Å². The van der Waals surface area contributed by atoms with Crippen LogP contribution in [0.2, 0.25) is 0 Å². The van der Waals surface area contributed by atoms with Crippen LogP contribution < -0.4 is 15.5 Å². The first-order valence-electron chi connectivity index (χ1n) is 9.15. The van der Waals surface area contributed by atoms with E-state index >= 15 is 0 Å². The van der Waals surface area contributed by atoms with Crippen molar-refractivity contribution in [3.8, 4) is 0 Å². The number of amides is 2. The number of hydrogen-bond donors (Lipinski definition) is 3. The van der Waals surface area contributed by atoms with Crippen molar-refractivity contribution in [3.05, 3.63) is 29.3 Å². The summed E-state index contributed by atoms with van der Waals surface area (Å²) in [6.07, 6.45) is 0. The first kappa shape index (κ1) is 21.2. The van der Waals surface area contributed by atoms with Crippen molar-refractivity contribution in [2.24, 2.45) is 0 Å². The van der Waals surface area contributed by atoms with E-state index in [0.717, 1.165) is 21.7 Å². The van der Waals surface area contributed by atoms with Crippen LogP contribution >= 0.6 is 0 Å². The minimum Gasteiger partial charge on any atom is -0.349 e. The van der Waals surface area contributed by atoms with E-state index in [-0.39, 0.29) is 30.9 Å². The van der Waals surface area contributed by atoms with Crippen LogP contribution in [0.5, 0.6) is 0 Å². The molecule has 5 heteroatoms. The zero-order chi connectivity index (χ0) is 19.1. The monoisotopic (exact) mass is 348 g/mol. The maximum absolute atomic E-state index is 12.5. The molecular formula is C20H34N3O2+. The van der Waals surface area contributed by atoms with E-state index in [1.165, 1.54) is 0 Å². The Morgan fingerprint density at radius 1 is 0.920 bits per heavy atom. The number of anilines is 1. The third-order valence-corrected chi connectivity index (χ3v) is 4.01. The predicted octanol–water partition coefficient (Wildman–Crippen LogP) is 1.91. The quantitative estimate of drug-likeness (QED) is 0.672. The number of carbonyl (C=O) groups is 2. The second-order valence-corrected chi connectivity index (χ2v) is 7.70. The minimum absolute atomic E-state index is 0.0363. The van der Waals surface area contributed by atoms with Gasteiger partial charge >= 0.3 is 0 Å². The lowest BCUT2D eigenvalue weighted by Crippen LogP contribution is -3.11. The summed E-state index contributed by atoms with van der Waals surface area (Å²) in [5.74, 6) is 0.558. The van der Waals surface area contributed by atoms with Crippen molar-refractivity contribution in [1.82, 2.24) is 5.32 Å². The molecule has 140 valence electrons. The van der Waals surface area contributed by atoms with E-state index in [4.69, 9.17) is 0 Å². The van der Waals surface area contributed by atoms with Crippen LogP contribution in [0.4, 0.5) is 5.69 Å². The summed E-state index contributed by atoms with van der Waals surface area (Å²) in [4.78, 5) is 25.2. The van der Waals surface area contributed by atoms with Crippen molar-refractivity contribution < 1.29 is 14.5 Å². The summed E-state index contributed by atoms with van der Waals surface area (Å²) in [5.41, 5.74) is 3.22. The number of hydrogen-bond acceptors (Lipinski definition) is 2. The number of para-hydroxylation sites is 1. The highest BCUT2D eigenvalue weighted by Crippen LogP contribution is 2.32. The zero-order valence-electron chi connectivity index (χ0n) is 16.7. The molecule has 0 radical (unpaired) electrons. The lowest BCUT2D eigenvalue weighted by atomic mass is 9.92. The molecule has 1 aromatic rings. The molecule has 0 saturated heterocycles. The smallest absolute Gasteiger partial charge is 0.279 e. The number of nitrogens with one attached hydrogen (secondary N) is 3. The van der Waals surface area contributed by atoms with Gasteiger partial charge in [-0.05, 0) is 36.8 Å². The van der Waals surface area contributed by atoms with Crippen LogP contribution in [0.25, 0.3) is 0 Å². The van der Waals surface area contributed by atoms with Gasteiger partial charge in [-0.25, -0.2) is 0 Å². The van der Waals surface area contributed by atoms with Gasteiger partial charge in [-0.1, -0.05) is 45.9 Å². The maximum Gasteiger partial charge on any atom is 0.279 e. The number of carbonyl (C=O) groups excluding carboxylic acids is 2. The predicted molar refractivity (Wildman–Crippen MR) is 103 cm³/mol. The van der Waals surface area contributed by atoms with Crippen LogP contribution in [-0.4, -0.2) is 38.0 Å². The summed E-state index contributed by atoms with van der Waals surface area (Å²) in [6.45, 7) is 12.9. The number of quaternary nitrogens is 1. The van der Waals surface area contributed by atoms with Gasteiger partial charge in [0, 0.05) is 11.7 Å². The number of likely N-dealkylation sites (N-methyl/N-ethyl adjacent to an activating group) is 1. The molecule has 0 heterocycles. The van der Waals surface area contributed by atoms with Crippen LogP contribution in [0.1, 0.15) is 64.5 Å². The Morgan fingerprint density at radius 3 is 1.84 bits per heavy atom. The summed E-state index contributed by atoms with van der Waals surface area (Å²) < 4.78 is 0. The molecule has 0 bridgehead atoms.